The second kappa shape index (κ2) is 9.29. The molecule has 0 heterocycles. The van der Waals surface area contributed by atoms with Crippen molar-refractivity contribution in [2.75, 3.05) is 20.5 Å². The van der Waals surface area contributed by atoms with Gasteiger partial charge in [0, 0.05) is 28.0 Å². The average molecular weight is 440 g/mol. The van der Waals surface area contributed by atoms with Gasteiger partial charge in [-0.25, -0.2) is 22.7 Å². The van der Waals surface area contributed by atoms with Gasteiger partial charge in [-0.05, 0) is 42.8 Å². The molecule has 156 valence electrons. The number of hydrogen-bond acceptors (Lipinski definition) is 7. The molecule has 0 aromatic heterocycles. The van der Waals surface area contributed by atoms with E-state index in [0.717, 1.165) is 20.3 Å². The van der Waals surface area contributed by atoms with Crippen molar-refractivity contribution in [1.82, 2.24) is 4.72 Å². The summed E-state index contributed by atoms with van der Waals surface area (Å²) in [7, 11) is -3.06. The van der Waals surface area contributed by atoms with Gasteiger partial charge < -0.3 is 9.47 Å². The lowest BCUT2D eigenvalue weighted by molar-refractivity contribution is 0.0583. The van der Waals surface area contributed by atoms with Crippen molar-refractivity contribution in [2.24, 2.45) is 0 Å². The first-order chi connectivity index (χ1) is 13.6. The molecule has 10 heteroatoms. The summed E-state index contributed by atoms with van der Waals surface area (Å²) < 4.78 is 49.2. The largest absolute Gasteiger partial charge is 0.465 e. The standard InChI is InChI=1S/C19H21NO7S2/c1-12(13-5-8-15(9-6-13)28(4)23)20-29(24,25)17-11-14(18(21)26-2)7-10-16(17)19(22)27-3/h5-12,20H,1-4H3/t12-,28-/m0/s1. The Morgan fingerprint density at radius 1 is 1.00 bits per heavy atom. The minimum absolute atomic E-state index is 0.0250. The summed E-state index contributed by atoms with van der Waals surface area (Å²) >= 11 is 0. The highest BCUT2D eigenvalue weighted by molar-refractivity contribution is 7.89. The summed E-state index contributed by atoms with van der Waals surface area (Å²) in [5.41, 5.74) is 0.394. The number of ether oxygens (including phenoxy) is 2. The highest BCUT2D eigenvalue weighted by Crippen LogP contribution is 2.23. The van der Waals surface area contributed by atoms with Crippen molar-refractivity contribution in [1.29, 1.82) is 0 Å². The van der Waals surface area contributed by atoms with E-state index >= 15 is 0 Å². The van der Waals surface area contributed by atoms with E-state index in [2.05, 4.69) is 14.2 Å². The fourth-order valence-corrected chi connectivity index (χ4v) is 4.55. The van der Waals surface area contributed by atoms with Crippen molar-refractivity contribution in [3.8, 4) is 0 Å². The number of carbonyl (C=O) groups excluding carboxylic acids is 2. The van der Waals surface area contributed by atoms with E-state index in [9.17, 15) is 22.2 Å². The highest BCUT2D eigenvalue weighted by atomic mass is 32.2. The van der Waals surface area contributed by atoms with Gasteiger partial charge in [0.15, 0.2) is 0 Å². The van der Waals surface area contributed by atoms with Crippen LogP contribution in [0, 0.1) is 0 Å². The Balaban J connectivity index is 2.43. The summed E-state index contributed by atoms with van der Waals surface area (Å²) in [5, 5.41) is 0. The van der Waals surface area contributed by atoms with Crippen LogP contribution in [0.2, 0.25) is 0 Å². The Hall–Kier alpha value is -2.56. The normalized spacial score (nSPS) is 13.4. The van der Waals surface area contributed by atoms with E-state index in [-0.39, 0.29) is 11.1 Å². The van der Waals surface area contributed by atoms with E-state index in [4.69, 9.17) is 0 Å². The maximum Gasteiger partial charge on any atom is 0.339 e. The molecule has 0 unspecified atom stereocenters. The van der Waals surface area contributed by atoms with Crippen LogP contribution >= 0.6 is 0 Å². The van der Waals surface area contributed by atoms with E-state index in [1.165, 1.54) is 12.1 Å². The van der Waals surface area contributed by atoms with E-state index in [1.54, 1.807) is 37.4 Å². The Bertz CT molecular complexity index is 1050. The Morgan fingerprint density at radius 3 is 2.10 bits per heavy atom. The maximum absolute atomic E-state index is 13.0. The van der Waals surface area contributed by atoms with Crippen LogP contribution in [-0.2, 0) is 30.3 Å². The molecule has 0 amide bonds. The number of rotatable bonds is 7. The van der Waals surface area contributed by atoms with Gasteiger partial charge in [-0.2, -0.15) is 0 Å². The van der Waals surface area contributed by atoms with Crippen LogP contribution in [0.5, 0.6) is 0 Å². The molecule has 0 aliphatic heterocycles. The van der Waals surface area contributed by atoms with Crippen LogP contribution in [0.4, 0.5) is 0 Å². The Kier molecular flexibility index (Phi) is 7.28. The van der Waals surface area contributed by atoms with Gasteiger partial charge in [-0.1, -0.05) is 12.1 Å². The first-order valence-corrected chi connectivity index (χ1v) is 11.4. The number of nitrogens with one attached hydrogen (secondary N) is 1. The van der Waals surface area contributed by atoms with Gasteiger partial charge in [-0.3, -0.25) is 4.21 Å². The summed E-state index contributed by atoms with van der Waals surface area (Å²) in [6, 6.07) is 9.50. The molecule has 0 aliphatic carbocycles. The minimum Gasteiger partial charge on any atom is -0.465 e. The number of methoxy groups -OCH3 is 2. The van der Waals surface area contributed by atoms with Gasteiger partial charge in [-0.15, -0.1) is 0 Å². The van der Waals surface area contributed by atoms with Crippen molar-refractivity contribution in [3.63, 3.8) is 0 Å². The third kappa shape index (κ3) is 5.28. The summed E-state index contributed by atoms with van der Waals surface area (Å²) in [5.74, 6) is -1.60. The quantitative estimate of drug-likeness (QED) is 0.656. The molecule has 2 aromatic carbocycles. The molecule has 2 rings (SSSR count). The van der Waals surface area contributed by atoms with E-state index in [0.29, 0.717) is 10.5 Å². The van der Waals surface area contributed by atoms with Crippen LogP contribution < -0.4 is 4.72 Å². The number of hydrogen-bond donors (Lipinski definition) is 1. The van der Waals surface area contributed by atoms with Gasteiger partial charge in [0.2, 0.25) is 10.0 Å². The molecule has 0 saturated heterocycles. The number of carbonyl (C=O) groups is 2. The fraction of sp³-hybridized carbons (Fsp3) is 0.263. The maximum atomic E-state index is 13.0. The number of sulfonamides is 1. The van der Waals surface area contributed by atoms with Gasteiger partial charge >= 0.3 is 11.9 Å². The van der Waals surface area contributed by atoms with Crippen LogP contribution in [0.15, 0.2) is 52.3 Å². The van der Waals surface area contributed by atoms with Crippen LogP contribution in [0.3, 0.4) is 0 Å². The molecule has 2 atom stereocenters. The second-order valence-corrected chi connectivity index (χ2v) is 9.12. The molecule has 2 aromatic rings. The summed E-state index contributed by atoms with van der Waals surface area (Å²) in [4.78, 5) is 24.0. The molecule has 0 bridgehead atoms. The number of benzene rings is 2. The molecule has 29 heavy (non-hydrogen) atoms. The zero-order chi connectivity index (χ0) is 21.8. The lowest BCUT2D eigenvalue weighted by Gasteiger charge is -2.17. The highest BCUT2D eigenvalue weighted by Gasteiger charge is 2.27. The third-order valence-electron chi connectivity index (χ3n) is 4.14. The molecule has 0 saturated carbocycles. The van der Waals surface area contributed by atoms with Crippen molar-refractivity contribution in [2.45, 2.75) is 22.8 Å². The molecular formula is C19H21NO7S2. The van der Waals surface area contributed by atoms with Crippen LogP contribution in [0.1, 0.15) is 39.2 Å². The van der Waals surface area contributed by atoms with Gasteiger partial charge in [0.1, 0.15) is 0 Å². The van der Waals surface area contributed by atoms with Crippen LogP contribution in [-0.4, -0.2) is 45.0 Å². The monoisotopic (exact) mass is 439 g/mol. The third-order valence-corrected chi connectivity index (χ3v) is 6.66. The van der Waals surface area contributed by atoms with Crippen molar-refractivity contribution < 1.29 is 31.7 Å². The predicted octanol–water partition coefficient (Wildman–Crippen LogP) is 2.04. The van der Waals surface area contributed by atoms with Crippen molar-refractivity contribution >= 4 is 32.8 Å². The molecule has 0 fully saturated rings. The zero-order valence-corrected chi connectivity index (χ0v) is 17.9. The Labute approximate surface area is 171 Å². The summed E-state index contributed by atoms with van der Waals surface area (Å²) in [6.07, 6.45) is 1.55. The molecule has 1 N–H and O–H groups in total. The molecule has 0 radical (unpaired) electrons. The zero-order valence-electron chi connectivity index (χ0n) is 16.3. The lowest BCUT2D eigenvalue weighted by Crippen LogP contribution is -2.29. The molecule has 8 nitrogen and oxygen atoms in total. The smallest absolute Gasteiger partial charge is 0.339 e. The van der Waals surface area contributed by atoms with E-state index in [1.807, 2.05) is 0 Å². The van der Waals surface area contributed by atoms with Gasteiger partial charge in [0.05, 0.1) is 30.2 Å². The fourth-order valence-electron chi connectivity index (χ4n) is 2.58. The number of esters is 2. The Morgan fingerprint density at radius 2 is 1.59 bits per heavy atom. The topological polar surface area (TPSA) is 116 Å². The lowest BCUT2D eigenvalue weighted by atomic mass is 10.1. The molecule has 0 spiro atoms. The SMILES string of the molecule is COC(=O)c1ccc(C(=O)OC)c(S(=O)(=O)N[C@@H](C)c2ccc([S@](C)=O)cc2)c1. The molecular weight excluding hydrogens is 418 g/mol. The van der Waals surface area contributed by atoms with Crippen molar-refractivity contribution in [3.05, 3.63) is 59.2 Å². The summed E-state index contributed by atoms with van der Waals surface area (Å²) in [6.45, 7) is 1.62. The second-order valence-electron chi connectivity index (χ2n) is 6.06. The predicted molar refractivity (Wildman–Crippen MR) is 107 cm³/mol. The van der Waals surface area contributed by atoms with Gasteiger partial charge in [0.25, 0.3) is 0 Å². The minimum atomic E-state index is -4.20. The average Bonchev–Trinajstić information content (AvgIpc) is 2.71. The molecule has 0 aliphatic rings. The first-order valence-electron chi connectivity index (χ1n) is 8.37. The van der Waals surface area contributed by atoms with Crippen LogP contribution in [0.25, 0.3) is 0 Å². The first kappa shape index (κ1) is 22.7. The van der Waals surface area contributed by atoms with E-state index < -0.39 is 43.7 Å².